The molecule has 20 heavy (non-hydrogen) atoms. The third-order valence-electron chi connectivity index (χ3n) is 4.11. The number of alkyl carbamates (subject to hydrolysis) is 1. The molecule has 0 aromatic heterocycles. The molecular formula is C16H32N2O2. The first-order chi connectivity index (χ1) is 9.25. The van der Waals surface area contributed by atoms with Gasteiger partial charge in [-0.25, -0.2) is 4.79 Å². The summed E-state index contributed by atoms with van der Waals surface area (Å²) >= 11 is 0. The van der Waals surface area contributed by atoms with Crippen molar-refractivity contribution in [3.8, 4) is 0 Å². The van der Waals surface area contributed by atoms with E-state index in [2.05, 4.69) is 31.4 Å². The normalized spacial score (nSPS) is 24.1. The van der Waals surface area contributed by atoms with Crippen molar-refractivity contribution in [2.24, 2.45) is 5.92 Å². The maximum absolute atomic E-state index is 11.6. The second kappa shape index (κ2) is 7.30. The van der Waals surface area contributed by atoms with Crippen LogP contribution in [0.1, 0.15) is 67.2 Å². The Hall–Kier alpha value is -0.770. The van der Waals surface area contributed by atoms with Crippen molar-refractivity contribution in [2.45, 2.75) is 91.0 Å². The molecule has 1 amide bonds. The summed E-state index contributed by atoms with van der Waals surface area (Å²) in [5.41, 5.74) is -0.421. The molecule has 118 valence electrons. The van der Waals surface area contributed by atoms with Crippen molar-refractivity contribution in [3.05, 3.63) is 0 Å². The van der Waals surface area contributed by atoms with E-state index in [1.807, 2.05) is 20.8 Å². The van der Waals surface area contributed by atoms with Crippen LogP contribution in [0.5, 0.6) is 0 Å². The largest absolute Gasteiger partial charge is 0.444 e. The Morgan fingerprint density at radius 1 is 1.20 bits per heavy atom. The zero-order valence-corrected chi connectivity index (χ0v) is 14.0. The molecule has 0 heterocycles. The van der Waals surface area contributed by atoms with Crippen LogP contribution in [0.2, 0.25) is 0 Å². The van der Waals surface area contributed by atoms with Crippen LogP contribution in [0.15, 0.2) is 0 Å². The summed E-state index contributed by atoms with van der Waals surface area (Å²) in [5, 5.41) is 6.61. The highest BCUT2D eigenvalue weighted by Crippen LogP contribution is 2.23. The van der Waals surface area contributed by atoms with Crippen molar-refractivity contribution in [1.82, 2.24) is 10.6 Å². The second-order valence-electron chi connectivity index (χ2n) is 7.04. The van der Waals surface area contributed by atoms with E-state index in [0.717, 1.165) is 18.8 Å². The summed E-state index contributed by atoms with van der Waals surface area (Å²) in [5.74, 6) is 0.743. The van der Waals surface area contributed by atoms with E-state index < -0.39 is 5.60 Å². The summed E-state index contributed by atoms with van der Waals surface area (Å²) < 4.78 is 5.26. The Balaban J connectivity index is 2.21. The zero-order chi connectivity index (χ0) is 15.3. The number of carbonyl (C=O) groups is 1. The van der Waals surface area contributed by atoms with E-state index in [-0.39, 0.29) is 12.1 Å². The molecule has 0 saturated heterocycles. The monoisotopic (exact) mass is 284 g/mol. The number of amides is 1. The van der Waals surface area contributed by atoms with Crippen molar-refractivity contribution >= 4 is 6.09 Å². The van der Waals surface area contributed by atoms with Crippen LogP contribution in [0.4, 0.5) is 4.79 Å². The summed E-state index contributed by atoms with van der Waals surface area (Å²) in [7, 11) is 0. The number of nitrogens with one attached hydrogen (secondary N) is 2. The molecule has 4 nitrogen and oxygen atoms in total. The first-order valence-corrected chi connectivity index (χ1v) is 8.00. The smallest absolute Gasteiger partial charge is 0.407 e. The molecule has 0 radical (unpaired) electrons. The van der Waals surface area contributed by atoms with Gasteiger partial charge < -0.3 is 15.4 Å². The van der Waals surface area contributed by atoms with E-state index in [1.165, 1.54) is 12.8 Å². The standard InChI is InChI=1S/C16H32N2O2/c1-7-12(8-2)11(3)17-13-9-14(10-13)18-15(19)20-16(4,5)6/h11-14,17H,7-10H2,1-6H3,(H,18,19). The first-order valence-electron chi connectivity index (χ1n) is 8.00. The van der Waals surface area contributed by atoms with Crippen LogP contribution in [0, 0.1) is 5.92 Å². The molecule has 1 unspecified atom stereocenters. The van der Waals surface area contributed by atoms with Crippen LogP contribution in [0.25, 0.3) is 0 Å². The molecule has 0 bridgehead atoms. The minimum absolute atomic E-state index is 0.260. The number of carbonyl (C=O) groups excluding carboxylic acids is 1. The predicted octanol–water partition coefficient (Wildman–Crippen LogP) is 3.46. The van der Waals surface area contributed by atoms with Crippen molar-refractivity contribution in [1.29, 1.82) is 0 Å². The van der Waals surface area contributed by atoms with E-state index in [4.69, 9.17) is 4.74 Å². The lowest BCUT2D eigenvalue weighted by atomic mass is 9.85. The van der Waals surface area contributed by atoms with Gasteiger partial charge in [-0.2, -0.15) is 0 Å². The zero-order valence-electron chi connectivity index (χ0n) is 14.0. The molecule has 1 aliphatic carbocycles. The van der Waals surface area contributed by atoms with Gasteiger partial charge in [0.2, 0.25) is 0 Å². The third kappa shape index (κ3) is 5.70. The molecule has 1 saturated carbocycles. The van der Waals surface area contributed by atoms with Crippen LogP contribution in [-0.2, 0) is 4.74 Å². The number of rotatable bonds is 6. The van der Waals surface area contributed by atoms with Gasteiger partial charge in [0.1, 0.15) is 5.60 Å². The van der Waals surface area contributed by atoms with Gasteiger partial charge >= 0.3 is 6.09 Å². The van der Waals surface area contributed by atoms with Gasteiger partial charge in [0.15, 0.2) is 0 Å². The van der Waals surface area contributed by atoms with Gasteiger partial charge in [0.25, 0.3) is 0 Å². The Bertz CT molecular complexity index is 302. The summed E-state index contributed by atoms with van der Waals surface area (Å²) in [6.07, 6.45) is 4.15. The van der Waals surface area contributed by atoms with Crippen molar-refractivity contribution in [3.63, 3.8) is 0 Å². The van der Waals surface area contributed by atoms with Gasteiger partial charge in [-0.05, 0) is 46.5 Å². The lowest BCUT2D eigenvalue weighted by molar-refractivity contribution is 0.0461. The molecule has 1 rings (SSSR count). The number of ether oxygens (including phenoxy) is 1. The maximum atomic E-state index is 11.6. The van der Waals surface area contributed by atoms with E-state index >= 15 is 0 Å². The molecule has 1 fully saturated rings. The Morgan fingerprint density at radius 2 is 1.75 bits per heavy atom. The maximum Gasteiger partial charge on any atom is 0.407 e. The number of hydrogen-bond acceptors (Lipinski definition) is 3. The lowest BCUT2D eigenvalue weighted by Crippen LogP contribution is -2.55. The van der Waals surface area contributed by atoms with E-state index in [0.29, 0.717) is 12.1 Å². The van der Waals surface area contributed by atoms with Crippen molar-refractivity contribution in [2.75, 3.05) is 0 Å². The molecular weight excluding hydrogens is 252 g/mol. The highest BCUT2D eigenvalue weighted by Gasteiger charge is 2.32. The average Bonchev–Trinajstić information content (AvgIpc) is 2.25. The summed E-state index contributed by atoms with van der Waals surface area (Å²) in [6.45, 7) is 12.4. The fourth-order valence-electron chi connectivity index (χ4n) is 2.85. The van der Waals surface area contributed by atoms with Crippen LogP contribution in [0.3, 0.4) is 0 Å². The minimum atomic E-state index is -0.421. The SMILES string of the molecule is CCC(CC)C(C)NC1CC(NC(=O)OC(C)(C)C)C1. The van der Waals surface area contributed by atoms with Crippen molar-refractivity contribution < 1.29 is 9.53 Å². The second-order valence-corrected chi connectivity index (χ2v) is 7.04. The molecule has 0 aliphatic heterocycles. The van der Waals surface area contributed by atoms with Gasteiger partial charge in [0.05, 0.1) is 0 Å². The highest BCUT2D eigenvalue weighted by atomic mass is 16.6. The topological polar surface area (TPSA) is 50.4 Å². The minimum Gasteiger partial charge on any atom is -0.444 e. The molecule has 0 aromatic carbocycles. The number of hydrogen-bond donors (Lipinski definition) is 2. The predicted molar refractivity (Wildman–Crippen MR) is 82.8 cm³/mol. The van der Waals surface area contributed by atoms with Gasteiger partial charge in [0, 0.05) is 18.1 Å². The summed E-state index contributed by atoms with van der Waals surface area (Å²) in [6, 6.07) is 1.35. The van der Waals surface area contributed by atoms with E-state index in [9.17, 15) is 4.79 Å². The van der Waals surface area contributed by atoms with Crippen LogP contribution in [-0.4, -0.2) is 29.8 Å². The van der Waals surface area contributed by atoms with Gasteiger partial charge in [-0.3, -0.25) is 0 Å². The fraction of sp³-hybridized carbons (Fsp3) is 0.938. The van der Waals surface area contributed by atoms with E-state index in [1.54, 1.807) is 0 Å². The Morgan fingerprint density at radius 3 is 2.20 bits per heavy atom. The Labute approximate surface area is 124 Å². The first kappa shape index (κ1) is 17.3. The van der Waals surface area contributed by atoms with Crippen LogP contribution < -0.4 is 10.6 Å². The fourth-order valence-corrected chi connectivity index (χ4v) is 2.85. The molecule has 0 aromatic rings. The molecule has 2 N–H and O–H groups in total. The Kier molecular flexibility index (Phi) is 6.31. The average molecular weight is 284 g/mol. The van der Waals surface area contributed by atoms with Gasteiger partial charge in [-0.1, -0.05) is 26.7 Å². The summed E-state index contributed by atoms with van der Waals surface area (Å²) in [4.78, 5) is 11.6. The molecule has 1 atom stereocenters. The highest BCUT2D eigenvalue weighted by molar-refractivity contribution is 5.68. The van der Waals surface area contributed by atoms with Gasteiger partial charge in [-0.15, -0.1) is 0 Å². The molecule has 0 spiro atoms. The third-order valence-corrected chi connectivity index (χ3v) is 4.11. The van der Waals surface area contributed by atoms with Crippen LogP contribution >= 0.6 is 0 Å². The molecule has 1 aliphatic rings. The quantitative estimate of drug-likeness (QED) is 0.785. The molecule has 4 heteroatoms. The lowest BCUT2D eigenvalue weighted by Gasteiger charge is -2.39.